The van der Waals surface area contributed by atoms with Crippen molar-refractivity contribution in [1.82, 2.24) is 5.32 Å². The Bertz CT molecular complexity index is 352. The van der Waals surface area contributed by atoms with Gasteiger partial charge in [-0.3, -0.25) is 0 Å². The summed E-state index contributed by atoms with van der Waals surface area (Å²) in [7, 11) is 2.01. The molecule has 0 spiro atoms. The molecule has 0 aliphatic carbocycles. The van der Waals surface area contributed by atoms with E-state index in [0.717, 1.165) is 11.4 Å². The largest absolute Gasteiger partial charge is 0.316 e. The van der Waals surface area contributed by atoms with E-state index in [-0.39, 0.29) is 5.41 Å². The van der Waals surface area contributed by atoms with Crippen LogP contribution in [0.25, 0.3) is 0 Å². The van der Waals surface area contributed by atoms with Crippen LogP contribution in [0.4, 0.5) is 0 Å². The molecule has 0 bridgehead atoms. The lowest BCUT2D eigenvalue weighted by molar-refractivity contribution is 0.280. The summed E-state index contributed by atoms with van der Waals surface area (Å²) in [6.07, 6.45) is 0.971. The van der Waals surface area contributed by atoms with Crippen molar-refractivity contribution in [3.63, 3.8) is 0 Å². The van der Waals surface area contributed by atoms with Crippen molar-refractivity contribution in [2.75, 3.05) is 7.05 Å². The van der Waals surface area contributed by atoms with Crippen molar-refractivity contribution in [3.05, 3.63) is 34.3 Å². The van der Waals surface area contributed by atoms with Crippen LogP contribution in [-0.4, -0.2) is 13.1 Å². The topological polar surface area (TPSA) is 12.0 Å². The molecule has 0 radical (unpaired) electrons. The Labute approximate surface area is 104 Å². The van der Waals surface area contributed by atoms with Crippen molar-refractivity contribution in [1.29, 1.82) is 0 Å². The fraction of sp³-hybridized carbons (Fsp3) is 0.571. The Balaban J connectivity index is 2.86. The molecule has 1 N–H and O–H groups in total. The molecule has 0 aliphatic heterocycles. The van der Waals surface area contributed by atoms with Gasteiger partial charge in [-0.2, -0.15) is 0 Å². The summed E-state index contributed by atoms with van der Waals surface area (Å²) in [6, 6.07) is 6.73. The molecule has 16 heavy (non-hydrogen) atoms. The Hall–Kier alpha value is -0.530. The monoisotopic (exact) mass is 239 g/mol. The highest BCUT2D eigenvalue weighted by atomic mass is 35.5. The summed E-state index contributed by atoms with van der Waals surface area (Å²) in [5, 5.41) is 4.25. The van der Waals surface area contributed by atoms with Gasteiger partial charge in [0.1, 0.15) is 0 Å². The van der Waals surface area contributed by atoms with Crippen molar-refractivity contribution in [3.8, 4) is 0 Å². The van der Waals surface area contributed by atoms with Crippen LogP contribution in [0, 0.1) is 12.3 Å². The zero-order valence-corrected chi connectivity index (χ0v) is 11.7. The standard InChI is InChI=1S/C14H22ClN/c1-10-6-7-11(12(15)8-10)9-13(16-5)14(2,3)4/h6-8,13,16H,9H2,1-5H3. The van der Waals surface area contributed by atoms with E-state index >= 15 is 0 Å². The van der Waals surface area contributed by atoms with Gasteiger partial charge < -0.3 is 5.32 Å². The van der Waals surface area contributed by atoms with E-state index in [9.17, 15) is 0 Å². The first kappa shape index (κ1) is 13.5. The highest BCUT2D eigenvalue weighted by Crippen LogP contribution is 2.26. The van der Waals surface area contributed by atoms with Gasteiger partial charge in [0, 0.05) is 11.1 Å². The molecular formula is C14H22ClN. The number of rotatable bonds is 3. The second-order valence-corrected chi connectivity index (χ2v) is 5.91. The molecule has 2 heteroatoms. The molecule has 0 heterocycles. The third-order valence-corrected chi connectivity index (χ3v) is 3.38. The molecule has 90 valence electrons. The van der Waals surface area contributed by atoms with E-state index in [4.69, 9.17) is 11.6 Å². The Morgan fingerprint density at radius 2 is 1.94 bits per heavy atom. The van der Waals surface area contributed by atoms with E-state index in [1.54, 1.807) is 0 Å². The van der Waals surface area contributed by atoms with Crippen molar-refractivity contribution in [2.24, 2.45) is 5.41 Å². The maximum atomic E-state index is 6.25. The van der Waals surface area contributed by atoms with Gasteiger partial charge in [-0.15, -0.1) is 0 Å². The predicted molar refractivity (Wildman–Crippen MR) is 72.2 cm³/mol. The van der Waals surface area contributed by atoms with Gasteiger partial charge in [-0.05, 0) is 43.0 Å². The molecule has 1 unspecified atom stereocenters. The molecule has 0 aliphatic rings. The second-order valence-electron chi connectivity index (χ2n) is 5.51. The van der Waals surface area contributed by atoms with Gasteiger partial charge in [-0.1, -0.05) is 44.5 Å². The molecule has 0 fully saturated rings. The lowest BCUT2D eigenvalue weighted by atomic mass is 9.83. The Kier molecular flexibility index (Phi) is 4.40. The maximum absolute atomic E-state index is 6.25. The zero-order chi connectivity index (χ0) is 12.3. The molecule has 0 saturated heterocycles. The zero-order valence-electron chi connectivity index (χ0n) is 10.9. The normalized spacial score (nSPS) is 13.9. The molecule has 1 nitrogen and oxygen atoms in total. The fourth-order valence-electron chi connectivity index (χ4n) is 1.88. The van der Waals surface area contributed by atoms with Gasteiger partial charge in [0.2, 0.25) is 0 Å². The van der Waals surface area contributed by atoms with Gasteiger partial charge in [0.05, 0.1) is 0 Å². The van der Waals surface area contributed by atoms with Gasteiger partial charge >= 0.3 is 0 Å². The highest BCUT2D eigenvalue weighted by molar-refractivity contribution is 6.31. The summed E-state index contributed by atoms with van der Waals surface area (Å²) < 4.78 is 0. The summed E-state index contributed by atoms with van der Waals surface area (Å²) in [6.45, 7) is 8.80. The molecule has 1 aromatic carbocycles. The first-order chi connectivity index (χ1) is 7.34. The molecule has 1 atom stereocenters. The summed E-state index contributed by atoms with van der Waals surface area (Å²) >= 11 is 6.25. The minimum absolute atomic E-state index is 0.239. The average molecular weight is 240 g/mol. The van der Waals surface area contributed by atoms with Crippen molar-refractivity contribution >= 4 is 11.6 Å². The molecule has 1 aromatic rings. The van der Waals surface area contributed by atoms with Crippen molar-refractivity contribution < 1.29 is 0 Å². The smallest absolute Gasteiger partial charge is 0.0441 e. The number of aryl methyl sites for hydroxylation is 1. The Morgan fingerprint density at radius 1 is 1.31 bits per heavy atom. The van der Waals surface area contributed by atoms with Crippen molar-refractivity contribution in [2.45, 2.75) is 40.2 Å². The van der Waals surface area contributed by atoms with Crippen LogP contribution in [0.5, 0.6) is 0 Å². The molecule has 1 rings (SSSR count). The second kappa shape index (κ2) is 5.20. The maximum Gasteiger partial charge on any atom is 0.0441 e. The van der Waals surface area contributed by atoms with E-state index < -0.39 is 0 Å². The third-order valence-electron chi connectivity index (χ3n) is 3.03. The van der Waals surface area contributed by atoms with E-state index in [1.807, 2.05) is 13.1 Å². The number of hydrogen-bond acceptors (Lipinski definition) is 1. The van der Waals surface area contributed by atoms with Crippen LogP contribution in [0.3, 0.4) is 0 Å². The minimum atomic E-state index is 0.239. The number of likely N-dealkylation sites (N-methyl/N-ethyl adjacent to an activating group) is 1. The van der Waals surface area contributed by atoms with Crippen LogP contribution in [0.2, 0.25) is 5.02 Å². The van der Waals surface area contributed by atoms with Crippen LogP contribution >= 0.6 is 11.6 Å². The summed E-state index contributed by atoms with van der Waals surface area (Å²) in [5.41, 5.74) is 2.68. The van der Waals surface area contributed by atoms with Crippen LogP contribution in [0.1, 0.15) is 31.9 Å². The first-order valence-electron chi connectivity index (χ1n) is 5.77. The van der Waals surface area contributed by atoms with Gasteiger partial charge in [0.25, 0.3) is 0 Å². The summed E-state index contributed by atoms with van der Waals surface area (Å²) in [4.78, 5) is 0. The lowest BCUT2D eigenvalue weighted by Crippen LogP contribution is -2.39. The number of benzene rings is 1. The number of hydrogen-bond donors (Lipinski definition) is 1. The SMILES string of the molecule is CNC(Cc1ccc(C)cc1Cl)C(C)(C)C. The van der Waals surface area contributed by atoms with E-state index in [0.29, 0.717) is 6.04 Å². The fourth-order valence-corrected chi connectivity index (χ4v) is 2.19. The van der Waals surface area contributed by atoms with Gasteiger partial charge in [-0.25, -0.2) is 0 Å². The van der Waals surface area contributed by atoms with Gasteiger partial charge in [0.15, 0.2) is 0 Å². The quantitative estimate of drug-likeness (QED) is 0.846. The molecular weight excluding hydrogens is 218 g/mol. The highest BCUT2D eigenvalue weighted by Gasteiger charge is 2.23. The van der Waals surface area contributed by atoms with E-state index in [2.05, 4.69) is 45.1 Å². The Morgan fingerprint density at radius 3 is 2.38 bits per heavy atom. The molecule has 0 aromatic heterocycles. The summed E-state index contributed by atoms with van der Waals surface area (Å²) in [5.74, 6) is 0. The number of halogens is 1. The van der Waals surface area contributed by atoms with Crippen LogP contribution in [-0.2, 0) is 6.42 Å². The molecule has 0 saturated carbocycles. The van der Waals surface area contributed by atoms with Crippen LogP contribution < -0.4 is 5.32 Å². The first-order valence-corrected chi connectivity index (χ1v) is 6.14. The lowest BCUT2D eigenvalue weighted by Gasteiger charge is -2.30. The minimum Gasteiger partial charge on any atom is -0.316 e. The third kappa shape index (κ3) is 3.50. The predicted octanol–water partition coefficient (Wildman–Crippen LogP) is 3.83. The van der Waals surface area contributed by atoms with E-state index in [1.165, 1.54) is 11.1 Å². The number of nitrogens with one attached hydrogen (secondary N) is 1. The average Bonchev–Trinajstić information content (AvgIpc) is 2.14. The van der Waals surface area contributed by atoms with Crippen LogP contribution in [0.15, 0.2) is 18.2 Å². The molecule has 0 amide bonds.